The molecular weight excluding hydrogens is 500 g/mol. The van der Waals surface area contributed by atoms with E-state index in [-0.39, 0.29) is 41.8 Å². The SMILES string of the molecule is CN=C(NCCCN(C)c1ccccc1F)N1CCN(C(=O)C2CCCO2)CC1.I. The number of rotatable bonds is 6. The number of anilines is 1. The second-order valence-electron chi connectivity index (χ2n) is 7.51. The number of piperazine rings is 1. The highest BCUT2D eigenvalue weighted by atomic mass is 127. The maximum atomic E-state index is 13.8. The lowest BCUT2D eigenvalue weighted by Crippen LogP contribution is -2.55. The summed E-state index contributed by atoms with van der Waals surface area (Å²) in [6.07, 6.45) is 2.43. The zero-order valence-corrected chi connectivity index (χ0v) is 20.2. The van der Waals surface area contributed by atoms with Gasteiger partial charge in [0.1, 0.15) is 11.9 Å². The van der Waals surface area contributed by atoms with Crippen molar-refractivity contribution >= 4 is 41.5 Å². The molecule has 0 aliphatic carbocycles. The van der Waals surface area contributed by atoms with Crippen LogP contribution in [0.5, 0.6) is 0 Å². The van der Waals surface area contributed by atoms with Gasteiger partial charge in [-0.1, -0.05) is 12.1 Å². The number of hydrogen-bond donors (Lipinski definition) is 1. The van der Waals surface area contributed by atoms with Gasteiger partial charge in [-0.15, -0.1) is 24.0 Å². The van der Waals surface area contributed by atoms with Crippen molar-refractivity contribution in [3.05, 3.63) is 30.1 Å². The summed E-state index contributed by atoms with van der Waals surface area (Å²) in [6, 6.07) is 6.82. The summed E-state index contributed by atoms with van der Waals surface area (Å²) < 4.78 is 19.4. The summed E-state index contributed by atoms with van der Waals surface area (Å²) >= 11 is 0. The Kier molecular flexibility index (Phi) is 10.1. The first kappa shape index (κ1) is 24.6. The largest absolute Gasteiger partial charge is 0.372 e. The first-order valence-electron chi connectivity index (χ1n) is 10.4. The summed E-state index contributed by atoms with van der Waals surface area (Å²) in [5, 5.41) is 3.39. The standard InChI is InChI=1S/C21H32FN5O2.HI/c1-23-21(24-10-6-11-25(2)18-8-4-3-7-17(18)22)27-14-12-26(13-15-27)20(28)19-9-5-16-29-19;/h3-4,7-8,19H,5-6,9-16H2,1-2H3,(H,23,24);1H. The van der Waals surface area contributed by atoms with Crippen LogP contribution in [0.2, 0.25) is 0 Å². The van der Waals surface area contributed by atoms with Gasteiger partial charge in [0.2, 0.25) is 0 Å². The zero-order valence-electron chi connectivity index (χ0n) is 17.8. The van der Waals surface area contributed by atoms with Gasteiger partial charge in [-0.3, -0.25) is 9.79 Å². The Balaban J connectivity index is 0.00000320. The number of benzene rings is 1. The molecule has 2 aliphatic rings. The first-order valence-corrected chi connectivity index (χ1v) is 10.4. The van der Waals surface area contributed by atoms with Gasteiger partial charge in [0.05, 0.1) is 5.69 Å². The van der Waals surface area contributed by atoms with Crippen molar-refractivity contribution in [2.45, 2.75) is 25.4 Å². The van der Waals surface area contributed by atoms with Crippen molar-refractivity contribution in [2.75, 3.05) is 64.9 Å². The lowest BCUT2D eigenvalue weighted by atomic mass is 10.2. The molecule has 3 rings (SSSR count). The molecule has 0 radical (unpaired) electrons. The minimum absolute atomic E-state index is 0. The van der Waals surface area contributed by atoms with Crippen LogP contribution in [0.15, 0.2) is 29.3 Å². The molecule has 1 unspecified atom stereocenters. The van der Waals surface area contributed by atoms with E-state index >= 15 is 0 Å². The Labute approximate surface area is 195 Å². The Hall–Kier alpha value is -1.62. The van der Waals surface area contributed by atoms with Crippen molar-refractivity contribution in [1.82, 2.24) is 15.1 Å². The molecule has 1 atom stereocenters. The number of hydrogen-bond acceptors (Lipinski definition) is 4. The van der Waals surface area contributed by atoms with Gasteiger partial charge in [-0.05, 0) is 31.4 Å². The van der Waals surface area contributed by atoms with E-state index in [1.54, 1.807) is 19.2 Å². The summed E-state index contributed by atoms with van der Waals surface area (Å²) in [4.78, 5) is 22.9. The average Bonchev–Trinajstić information content (AvgIpc) is 3.28. The third-order valence-electron chi connectivity index (χ3n) is 5.52. The molecule has 1 amide bonds. The van der Waals surface area contributed by atoms with Crippen LogP contribution in [0.4, 0.5) is 10.1 Å². The molecule has 7 nitrogen and oxygen atoms in total. The fourth-order valence-corrected chi connectivity index (χ4v) is 3.85. The smallest absolute Gasteiger partial charge is 0.251 e. The van der Waals surface area contributed by atoms with E-state index in [4.69, 9.17) is 4.74 Å². The van der Waals surface area contributed by atoms with E-state index in [0.717, 1.165) is 51.4 Å². The number of nitrogens with zero attached hydrogens (tertiary/aromatic N) is 4. The molecule has 0 spiro atoms. The molecule has 0 saturated carbocycles. The number of carbonyl (C=O) groups is 1. The van der Waals surface area contributed by atoms with Crippen LogP contribution in [0.1, 0.15) is 19.3 Å². The van der Waals surface area contributed by atoms with Gasteiger partial charge in [0, 0.05) is 60.0 Å². The van der Waals surface area contributed by atoms with Gasteiger partial charge in [-0.2, -0.15) is 0 Å². The maximum Gasteiger partial charge on any atom is 0.251 e. The lowest BCUT2D eigenvalue weighted by molar-refractivity contribution is -0.142. The van der Waals surface area contributed by atoms with Crippen molar-refractivity contribution in [2.24, 2.45) is 4.99 Å². The Morgan fingerprint density at radius 3 is 2.60 bits per heavy atom. The van der Waals surface area contributed by atoms with Crippen LogP contribution in [-0.2, 0) is 9.53 Å². The number of guanidine groups is 1. The fraction of sp³-hybridized carbons (Fsp3) is 0.619. The van der Waals surface area contributed by atoms with E-state index in [1.165, 1.54) is 6.07 Å². The number of nitrogens with one attached hydrogen (secondary N) is 1. The molecule has 2 heterocycles. The molecule has 1 N–H and O–H groups in total. The second kappa shape index (κ2) is 12.3. The predicted molar refractivity (Wildman–Crippen MR) is 128 cm³/mol. The van der Waals surface area contributed by atoms with Crippen molar-refractivity contribution in [3.63, 3.8) is 0 Å². The topological polar surface area (TPSA) is 60.4 Å². The summed E-state index contributed by atoms with van der Waals surface area (Å²) in [5.41, 5.74) is 0.615. The van der Waals surface area contributed by atoms with E-state index in [1.807, 2.05) is 22.9 Å². The maximum absolute atomic E-state index is 13.8. The highest BCUT2D eigenvalue weighted by molar-refractivity contribution is 14.0. The quantitative estimate of drug-likeness (QED) is 0.263. The Morgan fingerprint density at radius 2 is 1.97 bits per heavy atom. The minimum Gasteiger partial charge on any atom is -0.372 e. The van der Waals surface area contributed by atoms with Crippen molar-refractivity contribution < 1.29 is 13.9 Å². The number of carbonyl (C=O) groups excluding carboxylic acids is 1. The van der Waals surface area contributed by atoms with Crippen LogP contribution in [0.25, 0.3) is 0 Å². The van der Waals surface area contributed by atoms with E-state index in [2.05, 4.69) is 15.2 Å². The number of ether oxygens (including phenoxy) is 1. The zero-order chi connectivity index (χ0) is 20.6. The van der Waals surface area contributed by atoms with Crippen LogP contribution >= 0.6 is 24.0 Å². The minimum atomic E-state index is -0.245. The fourth-order valence-electron chi connectivity index (χ4n) is 3.85. The number of halogens is 2. The predicted octanol–water partition coefficient (Wildman–Crippen LogP) is 2.17. The Bertz CT molecular complexity index is 706. The van der Waals surface area contributed by atoms with Gasteiger partial charge in [-0.25, -0.2) is 4.39 Å². The highest BCUT2D eigenvalue weighted by Crippen LogP contribution is 2.17. The third-order valence-corrected chi connectivity index (χ3v) is 5.52. The van der Waals surface area contributed by atoms with Gasteiger partial charge in [0.25, 0.3) is 5.91 Å². The molecule has 9 heteroatoms. The van der Waals surface area contributed by atoms with Crippen LogP contribution in [-0.4, -0.2) is 87.7 Å². The summed E-state index contributed by atoms with van der Waals surface area (Å²) in [7, 11) is 3.68. The van der Waals surface area contributed by atoms with Gasteiger partial charge in [0.15, 0.2) is 5.96 Å². The van der Waals surface area contributed by atoms with Crippen LogP contribution in [0, 0.1) is 5.82 Å². The molecule has 2 fully saturated rings. The third kappa shape index (κ3) is 6.44. The van der Waals surface area contributed by atoms with Gasteiger partial charge >= 0.3 is 0 Å². The molecule has 1 aromatic rings. The second-order valence-corrected chi connectivity index (χ2v) is 7.51. The highest BCUT2D eigenvalue weighted by Gasteiger charge is 2.30. The van der Waals surface area contributed by atoms with Crippen molar-refractivity contribution in [3.8, 4) is 0 Å². The summed E-state index contributed by atoms with van der Waals surface area (Å²) in [5.74, 6) is 0.776. The molecule has 0 aromatic heterocycles. The van der Waals surface area contributed by atoms with Crippen molar-refractivity contribution in [1.29, 1.82) is 0 Å². The molecule has 0 bridgehead atoms. The average molecular weight is 533 g/mol. The van der Waals surface area contributed by atoms with E-state index in [9.17, 15) is 9.18 Å². The number of para-hydroxylation sites is 1. The molecule has 2 saturated heterocycles. The molecule has 2 aliphatic heterocycles. The monoisotopic (exact) mass is 533 g/mol. The Morgan fingerprint density at radius 1 is 1.27 bits per heavy atom. The molecule has 168 valence electrons. The van der Waals surface area contributed by atoms with Crippen LogP contribution in [0.3, 0.4) is 0 Å². The summed E-state index contributed by atoms with van der Waals surface area (Å²) in [6.45, 7) is 5.08. The molecular formula is C21H33FIN5O2. The van der Waals surface area contributed by atoms with E-state index in [0.29, 0.717) is 25.4 Å². The van der Waals surface area contributed by atoms with Gasteiger partial charge < -0.3 is 24.8 Å². The lowest BCUT2D eigenvalue weighted by Gasteiger charge is -2.37. The molecule has 30 heavy (non-hydrogen) atoms. The number of amides is 1. The van der Waals surface area contributed by atoms with E-state index < -0.39 is 0 Å². The number of aliphatic imine (C=N–C) groups is 1. The normalized spacial score (nSPS) is 19.4. The first-order chi connectivity index (χ1) is 14.1. The van der Waals surface area contributed by atoms with Crippen LogP contribution < -0.4 is 10.2 Å². The molecule has 1 aromatic carbocycles.